The number of anilines is 1. The molecule has 1 aromatic heterocycles. The van der Waals surface area contributed by atoms with Crippen LogP contribution >= 0.6 is 11.6 Å². The van der Waals surface area contributed by atoms with Gasteiger partial charge in [0.15, 0.2) is 0 Å². The minimum Gasteiger partial charge on any atom is -0.397 e. The second-order valence-electron chi connectivity index (χ2n) is 4.43. The summed E-state index contributed by atoms with van der Waals surface area (Å²) in [7, 11) is 0. The third-order valence-electron chi connectivity index (χ3n) is 3.23. The first kappa shape index (κ1) is 13.1. The molecule has 1 aromatic rings. The summed E-state index contributed by atoms with van der Waals surface area (Å²) in [5.74, 6) is -0.185. The Kier molecular flexibility index (Phi) is 4.04. The number of nitrogen functional groups attached to an aromatic ring is 1. The zero-order valence-electron chi connectivity index (χ0n) is 9.97. The van der Waals surface area contributed by atoms with Crippen LogP contribution in [0, 0.1) is 0 Å². The molecular weight excluding hydrogens is 254 g/mol. The summed E-state index contributed by atoms with van der Waals surface area (Å²) in [5, 5.41) is 9.56. The maximum absolute atomic E-state index is 12.4. The molecule has 3 N–H and O–H groups in total. The maximum Gasteiger partial charge on any atom is 0.256 e. The molecule has 1 unspecified atom stereocenters. The van der Waals surface area contributed by atoms with Gasteiger partial charge >= 0.3 is 0 Å². The van der Waals surface area contributed by atoms with Crippen molar-refractivity contribution in [1.82, 2.24) is 9.88 Å². The minimum absolute atomic E-state index is 0.0234. The van der Waals surface area contributed by atoms with Crippen LogP contribution in [0.15, 0.2) is 12.3 Å². The van der Waals surface area contributed by atoms with E-state index >= 15 is 0 Å². The van der Waals surface area contributed by atoms with E-state index in [1.165, 1.54) is 12.3 Å². The van der Waals surface area contributed by atoms with Crippen LogP contribution in [0.4, 0.5) is 5.69 Å². The number of piperidine rings is 1. The number of carbonyl (C=O) groups is 1. The SMILES string of the molecule is Nc1cnc(Cl)cc1C(=O)N1CCCCC1CO. The van der Waals surface area contributed by atoms with Gasteiger partial charge in [-0.2, -0.15) is 0 Å². The molecule has 1 aliphatic rings. The number of halogens is 1. The molecule has 1 saturated heterocycles. The Morgan fingerprint density at radius 1 is 1.61 bits per heavy atom. The minimum atomic E-state index is -0.185. The highest BCUT2D eigenvalue weighted by atomic mass is 35.5. The molecule has 2 heterocycles. The average molecular weight is 270 g/mol. The molecule has 5 nitrogen and oxygen atoms in total. The highest BCUT2D eigenvalue weighted by molar-refractivity contribution is 6.29. The number of likely N-dealkylation sites (tertiary alicyclic amines) is 1. The number of aromatic nitrogens is 1. The number of hydrogen-bond donors (Lipinski definition) is 2. The predicted octanol–water partition coefficient (Wildman–Crippen LogP) is 1.30. The third-order valence-corrected chi connectivity index (χ3v) is 3.44. The molecule has 2 rings (SSSR count). The van der Waals surface area contributed by atoms with Crippen LogP contribution in [-0.2, 0) is 0 Å². The van der Waals surface area contributed by atoms with Crippen LogP contribution in [-0.4, -0.2) is 40.1 Å². The highest BCUT2D eigenvalue weighted by Crippen LogP contribution is 2.23. The molecule has 1 atom stereocenters. The van der Waals surface area contributed by atoms with Crippen LogP contribution in [0.25, 0.3) is 0 Å². The predicted molar refractivity (Wildman–Crippen MR) is 69.4 cm³/mol. The molecule has 1 aliphatic heterocycles. The van der Waals surface area contributed by atoms with Crippen molar-refractivity contribution >= 4 is 23.2 Å². The van der Waals surface area contributed by atoms with Crippen LogP contribution < -0.4 is 5.73 Å². The van der Waals surface area contributed by atoms with E-state index in [1.807, 2.05) is 0 Å². The van der Waals surface area contributed by atoms with E-state index in [9.17, 15) is 9.90 Å². The molecule has 0 aliphatic carbocycles. The van der Waals surface area contributed by atoms with Gasteiger partial charge in [0.25, 0.3) is 5.91 Å². The van der Waals surface area contributed by atoms with E-state index in [4.69, 9.17) is 17.3 Å². The second-order valence-corrected chi connectivity index (χ2v) is 4.81. The molecule has 98 valence electrons. The monoisotopic (exact) mass is 269 g/mol. The number of aliphatic hydroxyl groups is 1. The normalized spacial score (nSPS) is 19.9. The summed E-state index contributed by atoms with van der Waals surface area (Å²) in [6.45, 7) is 0.619. The van der Waals surface area contributed by atoms with Crippen molar-refractivity contribution in [2.45, 2.75) is 25.3 Å². The summed E-state index contributed by atoms with van der Waals surface area (Å²) in [4.78, 5) is 17.9. The van der Waals surface area contributed by atoms with Gasteiger partial charge in [-0.3, -0.25) is 4.79 Å². The summed E-state index contributed by atoms with van der Waals surface area (Å²) in [6, 6.07) is 1.35. The summed E-state index contributed by atoms with van der Waals surface area (Å²) < 4.78 is 0. The molecule has 0 spiro atoms. The molecule has 18 heavy (non-hydrogen) atoms. The zero-order valence-corrected chi connectivity index (χ0v) is 10.7. The van der Waals surface area contributed by atoms with Crippen molar-refractivity contribution in [1.29, 1.82) is 0 Å². The van der Waals surface area contributed by atoms with Gasteiger partial charge in [0.05, 0.1) is 30.1 Å². The second kappa shape index (κ2) is 5.54. The summed E-state index contributed by atoms with van der Waals surface area (Å²) in [6.07, 6.45) is 4.18. The van der Waals surface area contributed by atoms with Crippen molar-refractivity contribution in [2.24, 2.45) is 0 Å². The van der Waals surface area contributed by atoms with Gasteiger partial charge in [0.2, 0.25) is 0 Å². The first-order valence-corrected chi connectivity index (χ1v) is 6.34. The van der Waals surface area contributed by atoms with Gasteiger partial charge in [-0.05, 0) is 25.3 Å². The van der Waals surface area contributed by atoms with E-state index in [-0.39, 0.29) is 23.7 Å². The van der Waals surface area contributed by atoms with Gasteiger partial charge in [-0.1, -0.05) is 11.6 Å². The molecular formula is C12H16ClN3O2. The Bertz CT molecular complexity index is 453. The molecule has 0 saturated carbocycles. The first-order chi connectivity index (χ1) is 8.63. The highest BCUT2D eigenvalue weighted by Gasteiger charge is 2.28. The van der Waals surface area contributed by atoms with Crippen molar-refractivity contribution in [2.75, 3.05) is 18.9 Å². The van der Waals surface area contributed by atoms with Crippen LogP contribution in [0.1, 0.15) is 29.6 Å². The van der Waals surface area contributed by atoms with Crippen molar-refractivity contribution in [3.05, 3.63) is 23.0 Å². The lowest BCUT2D eigenvalue weighted by atomic mass is 10.0. The van der Waals surface area contributed by atoms with E-state index in [0.29, 0.717) is 17.8 Å². The van der Waals surface area contributed by atoms with E-state index in [1.54, 1.807) is 4.90 Å². The Hall–Kier alpha value is -1.33. The molecule has 1 fully saturated rings. The van der Waals surface area contributed by atoms with Crippen molar-refractivity contribution in [3.8, 4) is 0 Å². The van der Waals surface area contributed by atoms with Gasteiger partial charge < -0.3 is 15.7 Å². The van der Waals surface area contributed by atoms with Crippen LogP contribution in [0.5, 0.6) is 0 Å². The number of nitrogens with two attached hydrogens (primary N) is 1. The first-order valence-electron chi connectivity index (χ1n) is 5.96. The van der Waals surface area contributed by atoms with Gasteiger partial charge in [0, 0.05) is 6.54 Å². The quantitative estimate of drug-likeness (QED) is 0.794. The lowest BCUT2D eigenvalue weighted by Crippen LogP contribution is -2.45. The molecule has 0 radical (unpaired) electrons. The van der Waals surface area contributed by atoms with Gasteiger partial charge in [-0.15, -0.1) is 0 Å². The van der Waals surface area contributed by atoms with E-state index in [0.717, 1.165) is 19.3 Å². The lowest BCUT2D eigenvalue weighted by molar-refractivity contribution is 0.0504. The smallest absolute Gasteiger partial charge is 0.256 e. The Balaban J connectivity index is 2.26. The number of pyridine rings is 1. The third kappa shape index (κ3) is 2.57. The van der Waals surface area contributed by atoms with Crippen molar-refractivity contribution < 1.29 is 9.90 Å². The number of nitrogens with zero attached hydrogens (tertiary/aromatic N) is 2. The fraction of sp³-hybridized carbons (Fsp3) is 0.500. The Morgan fingerprint density at radius 3 is 3.11 bits per heavy atom. The topological polar surface area (TPSA) is 79.5 Å². The van der Waals surface area contributed by atoms with Gasteiger partial charge in [0.1, 0.15) is 5.15 Å². The number of amides is 1. The number of hydrogen-bond acceptors (Lipinski definition) is 4. The fourth-order valence-corrected chi connectivity index (χ4v) is 2.40. The van der Waals surface area contributed by atoms with Crippen molar-refractivity contribution in [3.63, 3.8) is 0 Å². The largest absolute Gasteiger partial charge is 0.397 e. The maximum atomic E-state index is 12.4. The fourth-order valence-electron chi connectivity index (χ4n) is 2.24. The van der Waals surface area contributed by atoms with E-state index < -0.39 is 0 Å². The Labute approximate surface area is 111 Å². The van der Waals surface area contributed by atoms with Crippen LogP contribution in [0.2, 0.25) is 5.15 Å². The number of aliphatic hydroxyl groups excluding tert-OH is 1. The molecule has 0 aromatic carbocycles. The molecule has 6 heteroatoms. The number of carbonyl (C=O) groups excluding carboxylic acids is 1. The molecule has 1 amide bonds. The average Bonchev–Trinajstić information content (AvgIpc) is 2.40. The standard InChI is InChI=1S/C12H16ClN3O2/c13-11-5-9(10(14)6-15-11)12(18)16-4-2-1-3-8(16)7-17/h5-6,8,17H,1-4,7,14H2. The lowest BCUT2D eigenvalue weighted by Gasteiger charge is -2.34. The van der Waals surface area contributed by atoms with Gasteiger partial charge in [-0.25, -0.2) is 4.98 Å². The number of rotatable bonds is 2. The summed E-state index contributed by atoms with van der Waals surface area (Å²) >= 11 is 5.78. The van der Waals surface area contributed by atoms with E-state index in [2.05, 4.69) is 4.98 Å². The molecule has 0 bridgehead atoms. The summed E-state index contributed by atoms with van der Waals surface area (Å²) in [5.41, 5.74) is 6.42. The zero-order chi connectivity index (χ0) is 13.1. The Morgan fingerprint density at radius 2 is 2.39 bits per heavy atom. The van der Waals surface area contributed by atoms with Crippen LogP contribution in [0.3, 0.4) is 0 Å².